The predicted octanol–water partition coefficient (Wildman–Crippen LogP) is 0.824. The van der Waals surface area contributed by atoms with Crippen LogP contribution in [0.15, 0.2) is 0 Å². The molecule has 1 unspecified atom stereocenters. The van der Waals surface area contributed by atoms with Crippen molar-refractivity contribution in [3.8, 4) is 11.8 Å². The first-order chi connectivity index (χ1) is 6.33. The first-order valence-electron chi connectivity index (χ1n) is 4.75. The number of hydrogen-bond acceptors (Lipinski definition) is 3. The number of nitrogens with two attached hydrogens (primary N) is 1. The fourth-order valence-electron chi connectivity index (χ4n) is 1.49. The molecule has 0 saturated carbocycles. The summed E-state index contributed by atoms with van der Waals surface area (Å²) >= 11 is 1.99. The summed E-state index contributed by atoms with van der Waals surface area (Å²) in [6.07, 6.45) is 2.14. The molecule has 3 N–H and O–H groups in total. The average molecular weight is 198 g/mol. The fraction of sp³-hybridized carbons (Fsp3) is 0.800. The molecular weight excluding hydrogens is 180 g/mol. The van der Waals surface area contributed by atoms with Gasteiger partial charge in [0.1, 0.15) is 0 Å². The van der Waals surface area contributed by atoms with Crippen LogP contribution in [-0.4, -0.2) is 30.1 Å². The lowest BCUT2D eigenvalue weighted by atomic mass is 9.99. The monoisotopic (exact) mass is 198 g/mol. The van der Waals surface area contributed by atoms with Gasteiger partial charge in [0.2, 0.25) is 0 Å². The third-order valence-electron chi connectivity index (χ3n) is 2.42. The van der Waals surface area contributed by atoms with E-state index < -0.39 is 0 Å². The fourth-order valence-corrected chi connectivity index (χ4v) is 2.93. The van der Waals surface area contributed by atoms with E-state index in [0.717, 1.165) is 25.3 Å². The van der Waals surface area contributed by atoms with E-state index in [4.69, 9.17) is 5.73 Å². The van der Waals surface area contributed by atoms with Crippen molar-refractivity contribution >= 4 is 11.8 Å². The summed E-state index contributed by atoms with van der Waals surface area (Å²) < 4.78 is 0. The molecule has 1 fully saturated rings. The van der Waals surface area contributed by atoms with E-state index in [1.165, 1.54) is 12.2 Å². The Kier molecular flexibility index (Phi) is 4.65. The van der Waals surface area contributed by atoms with Crippen LogP contribution >= 0.6 is 11.8 Å². The molecule has 1 heterocycles. The molecule has 74 valence electrons. The van der Waals surface area contributed by atoms with Gasteiger partial charge < -0.3 is 11.1 Å². The van der Waals surface area contributed by atoms with Crippen LogP contribution in [0.4, 0.5) is 0 Å². The van der Waals surface area contributed by atoms with E-state index in [1.54, 1.807) is 0 Å². The molecule has 1 rings (SSSR count). The smallest absolute Gasteiger partial charge is 0.0403 e. The van der Waals surface area contributed by atoms with Gasteiger partial charge in [-0.05, 0) is 19.1 Å². The van der Waals surface area contributed by atoms with Gasteiger partial charge in [0.25, 0.3) is 0 Å². The zero-order chi connectivity index (χ0) is 9.57. The second-order valence-electron chi connectivity index (χ2n) is 3.39. The van der Waals surface area contributed by atoms with Crippen molar-refractivity contribution in [3.05, 3.63) is 0 Å². The normalized spacial score (nSPS) is 26.9. The van der Waals surface area contributed by atoms with Crippen LogP contribution in [0.2, 0.25) is 0 Å². The SMILES string of the molecule is CC#CCCNC1(CN)CCSC1. The first-order valence-corrected chi connectivity index (χ1v) is 5.91. The average Bonchev–Trinajstić information content (AvgIpc) is 2.62. The minimum atomic E-state index is 0.208. The highest BCUT2D eigenvalue weighted by molar-refractivity contribution is 7.99. The van der Waals surface area contributed by atoms with Crippen molar-refractivity contribution < 1.29 is 0 Å². The van der Waals surface area contributed by atoms with Crippen LogP contribution in [0.1, 0.15) is 19.8 Å². The zero-order valence-corrected chi connectivity index (χ0v) is 9.04. The minimum absolute atomic E-state index is 0.208. The molecular formula is C10H18N2S. The standard InChI is InChI=1S/C10H18N2S/c1-2-3-4-6-12-10(8-11)5-7-13-9-10/h12H,4-9,11H2,1H3. The molecule has 0 radical (unpaired) electrons. The van der Waals surface area contributed by atoms with E-state index >= 15 is 0 Å². The van der Waals surface area contributed by atoms with Crippen molar-refractivity contribution in [2.24, 2.45) is 5.73 Å². The Bertz CT molecular complexity index is 199. The Morgan fingerprint density at radius 3 is 3.00 bits per heavy atom. The van der Waals surface area contributed by atoms with Gasteiger partial charge in [-0.1, -0.05) is 0 Å². The van der Waals surface area contributed by atoms with Gasteiger partial charge in [-0.3, -0.25) is 0 Å². The number of thioether (sulfide) groups is 1. The summed E-state index contributed by atoms with van der Waals surface area (Å²) in [7, 11) is 0. The van der Waals surface area contributed by atoms with Crippen LogP contribution in [-0.2, 0) is 0 Å². The summed E-state index contributed by atoms with van der Waals surface area (Å²) in [4.78, 5) is 0. The lowest BCUT2D eigenvalue weighted by Gasteiger charge is -2.27. The van der Waals surface area contributed by atoms with Crippen LogP contribution < -0.4 is 11.1 Å². The molecule has 0 aliphatic carbocycles. The van der Waals surface area contributed by atoms with Gasteiger partial charge in [0.05, 0.1) is 0 Å². The molecule has 13 heavy (non-hydrogen) atoms. The van der Waals surface area contributed by atoms with Crippen LogP contribution in [0.5, 0.6) is 0 Å². The third-order valence-corrected chi connectivity index (χ3v) is 3.67. The summed E-state index contributed by atoms with van der Waals surface area (Å²) in [6.45, 7) is 3.60. The maximum absolute atomic E-state index is 5.77. The van der Waals surface area contributed by atoms with E-state index in [0.29, 0.717) is 0 Å². The van der Waals surface area contributed by atoms with Gasteiger partial charge in [-0.25, -0.2) is 0 Å². The zero-order valence-electron chi connectivity index (χ0n) is 8.23. The van der Waals surface area contributed by atoms with Crippen LogP contribution in [0, 0.1) is 11.8 Å². The molecule has 0 aromatic heterocycles. The van der Waals surface area contributed by atoms with Crippen LogP contribution in [0.3, 0.4) is 0 Å². The van der Waals surface area contributed by atoms with Crippen LogP contribution in [0.25, 0.3) is 0 Å². The number of rotatable bonds is 4. The highest BCUT2D eigenvalue weighted by atomic mass is 32.2. The molecule has 0 amide bonds. The molecule has 1 aliphatic heterocycles. The molecule has 2 nitrogen and oxygen atoms in total. The van der Waals surface area contributed by atoms with Crippen molar-refractivity contribution in [3.63, 3.8) is 0 Å². The molecule has 1 saturated heterocycles. The Hall–Kier alpha value is -0.170. The molecule has 0 aromatic carbocycles. The van der Waals surface area contributed by atoms with Gasteiger partial charge in [0.15, 0.2) is 0 Å². The lowest BCUT2D eigenvalue weighted by molar-refractivity contribution is 0.378. The Morgan fingerprint density at radius 2 is 2.46 bits per heavy atom. The largest absolute Gasteiger partial charge is 0.329 e. The molecule has 0 bridgehead atoms. The van der Waals surface area contributed by atoms with Crippen molar-refractivity contribution in [2.45, 2.75) is 25.3 Å². The van der Waals surface area contributed by atoms with Crippen molar-refractivity contribution in [1.29, 1.82) is 0 Å². The predicted molar refractivity (Wildman–Crippen MR) is 59.8 cm³/mol. The highest BCUT2D eigenvalue weighted by Crippen LogP contribution is 2.26. The summed E-state index contributed by atoms with van der Waals surface area (Å²) in [6, 6.07) is 0. The Labute approximate surface area is 85.0 Å². The van der Waals surface area contributed by atoms with E-state index in [2.05, 4.69) is 17.2 Å². The van der Waals surface area contributed by atoms with Crippen molar-refractivity contribution in [2.75, 3.05) is 24.6 Å². The first kappa shape index (κ1) is 10.9. The minimum Gasteiger partial charge on any atom is -0.329 e. The molecule has 1 aliphatic rings. The van der Waals surface area contributed by atoms with Gasteiger partial charge in [-0.2, -0.15) is 11.8 Å². The molecule has 1 atom stereocenters. The topological polar surface area (TPSA) is 38.0 Å². The second kappa shape index (κ2) is 5.54. The van der Waals surface area contributed by atoms with Gasteiger partial charge in [0, 0.05) is 30.8 Å². The second-order valence-corrected chi connectivity index (χ2v) is 4.50. The molecule has 0 aromatic rings. The molecule has 3 heteroatoms. The highest BCUT2D eigenvalue weighted by Gasteiger charge is 2.31. The molecule has 0 spiro atoms. The third kappa shape index (κ3) is 3.22. The number of nitrogens with one attached hydrogen (secondary N) is 1. The van der Waals surface area contributed by atoms with E-state index in [-0.39, 0.29) is 5.54 Å². The van der Waals surface area contributed by atoms with E-state index in [9.17, 15) is 0 Å². The quantitative estimate of drug-likeness (QED) is 0.519. The van der Waals surface area contributed by atoms with Gasteiger partial charge >= 0.3 is 0 Å². The Morgan fingerprint density at radius 1 is 1.62 bits per heavy atom. The lowest BCUT2D eigenvalue weighted by Crippen LogP contribution is -2.51. The maximum atomic E-state index is 5.77. The van der Waals surface area contributed by atoms with E-state index in [1.807, 2.05) is 18.7 Å². The van der Waals surface area contributed by atoms with Crippen molar-refractivity contribution in [1.82, 2.24) is 5.32 Å². The summed E-state index contributed by atoms with van der Waals surface area (Å²) in [5, 5.41) is 3.53. The Balaban J connectivity index is 2.26. The summed E-state index contributed by atoms with van der Waals surface area (Å²) in [5.41, 5.74) is 5.98. The maximum Gasteiger partial charge on any atom is 0.0403 e. The summed E-state index contributed by atoms with van der Waals surface area (Å²) in [5.74, 6) is 8.35. The van der Waals surface area contributed by atoms with Gasteiger partial charge in [-0.15, -0.1) is 11.8 Å². The number of hydrogen-bond donors (Lipinski definition) is 2.